The van der Waals surface area contributed by atoms with Gasteiger partial charge in [0.25, 0.3) is 5.95 Å². The molecule has 0 saturated heterocycles. The maximum atomic E-state index is 11.4. The maximum absolute atomic E-state index is 11.4. The first kappa shape index (κ1) is 10.3. The van der Waals surface area contributed by atoms with Gasteiger partial charge in [-0.3, -0.25) is 5.32 Å². The van der Waals surface area contributed by atoms with Crippen molar-refractivity contribution >= 4 is 17.9 Å². The van der Waals surface area contributed by atoms with E-state index >= 15 is 0 Å². The highest BCUT2D eigenvalue weighted by Crippen LogP contribution is 2.35. The van der Waals surface area contributed by atoms with E-state index in [0.717, 1.165) is 0 Å². The van der Waals surface area contributed by atoms with Crippen molar-refractivity contribution in [2.24, 2.45) is 0 Å². The predicted molar refractivity (Wildman–Crippen MR) is 51.6 cm³/mol. The summed E-state index contributed by atoms with van der Waals surface area (Å²) >= 11 is 0. The summed E-state index contributed by atoms with van der Waals surface area (Å²) in [4.78, 5) is 25.9. The standard InChI is InChI=1S/C8H9N5O3/c14-5(15)8(1-2-8)12-7(16)11-6-9-3-4-10-13-6/h3-4H,1-2H2,(H,14,15)(H2,9,11,12,13,16). The number of carbonyl (C=O) groups is 2. The number of rotatable bonds is 3. The number of hydrogen-bond donors (Lipinski definition) is 3. The first-order valence-corrected chi connectivity index (χ1v) is 4.59. The first-order chi connectivity index (χ1) is 7.62. The van der Waals surface area contributed by atoms with Crippen LogP contribution in [-0.4, -0.2) is 37.8 Å². The van der Waals surface area contributed by atoms with Crippen LogP contribution >= 0.6 is 0 Å². The zero-order valence-corrected chi connectivity index (χ0v) is 8.17. The van der Waals surface area contributed by atoms with E-state index in [9.17, 15) is 9.59 Å². The average Bonchev–Trinajstić information content (AvgIpc) is 3.00. The second-order valence-electron chi connectivity index (χ2n) is 3.43. The molecule has 1 aromatic rings. The third-order valence-electron chi connectivity index (χ3n) is 2.22. The summed E-state index contributed by atoms with van der Waals surface area (Å²) < 4.78 is 0. The third kappa shape index (κ3) is 2.05. The molecule has 3 N–H and O–H groups in total. The Morgan fingerprint density at radius 3 is 2.62 bits per heavy atom. The van der Waals surface area contributed by atoms with E-state index in [-0.39, 0.29) is 5.95 Å². The van der Waals surface area contributed by atoms with E-state index < -0.39 is 17.5 Å². The minimum atomic E-state index is -1.12. The van der Waals surface area contributed by atoms with Crippen LogP contribution in [0.25, 0.3) is 0 Å². The van der Waals surface area contributed by atoms with Crippen LogP contribution in [0.1, 0.15) is 12.8 Å². The van der Waals surface area contributed by atoms with Crippen LogP contribution in [0.15, 0.2) is 12.4 Å². The largest absolute Gasteiger partial charge is 0.480 e. The van der Waals surface area contributed by atoms with Gasteiger partial charge in [-0.05, 0) is 12.8 Å². The van der Waals surface area contributed by atoms with Crippen LogP contribution in [0.2, 0.25) is 0 Å². The summed E-state index contributed by atoms with van der Waals surface area (Å²) in [5.41, 5.74) is -1.12. The van der Waals surface area contributed by atoms with Gasteiger partial charge in [-0.1, -0.05) is 0 Å². The smallest absolute Gasteiger partial charge is 0.329 e. The van der Waals surface area contributed by atoms with Crippen molar-refractivity contribution in [3.63, 3.8) is 0 Å². The number of nitrogens with one attached hydrogen (secondary N) is 2. The zero-order chi connectivity index (χ0) is 11.6. The lowest BCUT2D eigenvalue weighted by molar-refractivity contribution is -0.140. The molecule has 2 amide bonds. The maximum Gasteiger partial charge on any atom is 0.329 e. The van der Waals surface area contributed by atoms with Gasteiger partial charge in [0.2, 0.25) is 0 Å². The highest BCUT2D eigenvalue weighted by molar-refractivity contribution is 5.94. The number of aliphatic carboxylic acids is 1. The topological polar surface area (TPSA) is 117 Å². The van der Waals surface area contributed by atoms with Crippen LogP contribution in [-0.2, 0) is 4.79 Å². The number of urea groups is 1. The molecule has 0 radical (unpaired) electrons. The van der Waals surface area contributed by atoms with Gasteiger partial charge in [-0.2, -0.15) is 5.10 Å². The fourth-order valence-electron chi connectivity index (χ4n) is 1.17. The third-order valence-corrected chi connectivity index (χ3v) is 2.22. The van der Waals surface area contributed by atoms with Crippen LogP contribution < -0.4 is 10.6 Å². The molecule has 0 atom stereocenters. The molecule has 0 unspecified atom stereocenters. The molecular weight excluding hydrogens is 214 g/mol. The Balaban J connectivity index is 1.93. The highest BCUT2D eigenvalue weighted by atomic mass is 16.4. The molecule has 8 heteroatoms. The molecule has 0 bridgehead atoms. The average molecular weight is 223 g/mol. The summed E-state index contributed by atoms with van der Waals surface area (Å²) in [6.45, 7) is 0. The first-order valence-electron chi connectivity index (χ1n) is 4.59. The molecule has 2 rings (SSSR count). The van der Waals surface area contributed by atoms with Crippen LogP contribution in [0.5, 0.6) is 0 Å². The molecule has 16 heavy (non-hydrogen) atoms. The van der Waals surface area contributed by atoms with Gasteiger partial charge < -0.3 is 10.4 Å². The second-order valence-corrected chi connectivity index (χ2v) is 3.43. The Kier molecular flexibility index (Phi) is 2.39. The van der Waals surface area contributed by atoms with Crippen LogP contribution in [0.3, 0.4) is 0 Å². The number of anilines is 1. The number of carboxylic acid groups (broad SMARTS) is 1. The van der Waals surface area contributed by atoms with Gasteiger partial charge in [0.05, 0.1) is 12.4 Å². The molecule has 1 aliphatic carbocycles. The van der Waals surface area contributed by atoms with Crippen molar-refractivity contribution in [2.45, 2.75) is 18.4 Å². The van der Waals surface area contributed by atoms with Crippen molar-refractivity contribution in [1.82, 2.24) is 20.5 Å². The molecule has 1 heterocycles. The highest BCUT2D eigenvalue weighted by Gasteiger charge is 2.51. The molecule has 1 saturated carbocycles. The second kappa shape index (κ2) is 3.72. The van der Waals surface area contributed by atoms with E-state index in [4.69, 9.17) is 5.11 Å². The van der Waals surface area contributed by atoms with Crippen LogP contribution in [0, 0.1) is 0 Å². The van der Waals surface area contributed by atoms with Crippen molar-refractivity contribution in [3.05, 3.63) is 12.4 Å². The van der Waals surface area contributed by atoms with E-state index in [2.05, 4.69) is 25.8 Å². The lowest BCUT2D eigenvalue weighted by Crippen LogP contribution is -2.45. The minimum Gasteiger partial charge on any atom is -0.480 e. The molecule has 0 aromatic carbocycles. The fourth-order valence-corrected chi connectivity index (χ4v) is 1.17. The number of carbonyl (C=O) groups excluding carboxylic acids is 1. The quantitative estimate of drug-likeness (QED) is 0.642. The van der Waals surface area contributed by atoms with Gasteiger partial charge in [0, 0.05) is 0 Å². The number of nitrogens with zero attached hydrogens (tertiary/aromatic N) is 3. The number of amides is 2. The Morgan fingerprint density at radius 2 is 2.12 bits per heavy atom. The van der Waals surface area contributed by atoms with E-state index in [1.807, 2.05) is 0 Å². The van der Waals surface area contributed by atoms with E-state index in [1.54, 1.807) is 0 Å². The van der Waals surface area contributed by atoms with Crippen LogP contribution in [0.4, 0.5) is 10.7 Å². The van der Waals surface area contributed by atoms with Crippen molar-refractivity contribution in [2.75, 3.05) is 5.32 Å². The summed E-state index contributed by atoms with van der Waals surface area (Å²) in [5.74, 6) is -1.00. The van der Waals surface area contributed by atoms with Crippen molar-refractivity contribution in [1.29, 1.82) is 0 Å². The summed E-state index contributed by atoms with van der Waals surface area (Å²) in [6, 6.07) is -0.645. The van der Waals surface area contributed by atoms with Crippen molar-refractivity contribution in [3.8, 4) is 0 Å². The number of aromatic nitrogens is 3. The fraction of sp³-hybridized carbons (Fsp3) is 0.375. The Morgan fingerprint density at radius 1 is 1.38 bits per heavy atom. The molecule has 1 aromatic heterocycles. The normalized spacial score (nSPS) is 16.2. The van der Waals surface area contributed by atoms with E-state index in [1.165, 1.54) is 12.4 Å². The van der Waals surface area contributed by atoms with E-state index in [0.29, 0.717) is 12.8 Å². The Bertz CT molecular complexity index is 417. The summed E-state index contributed by atoms with van der Waals surface area (Å²) in [6.07, 6.45) is 3.60. The van der Waals surface area contributed by atoms with Gasteiger partial charge in [-0.25, -0.2) is 14.6 Å². The van der Waals surface area contributed by atoms with Gasteiger partial charge >= 0.3 is 12.0 Å². The predicted octanol–water partition coefficient (Wildman–Crippen LogP) is -0.390. The SMILES string of the molecule is O=C(Nc1nccnn1)NC1(C(=O)O)CC1. The van der Waals surface area contributed by atoms with Gasteiger partial charge in [0.1, 0.15) is 5.54 Å². The van der Waals surface area contributed by atoms with Gasteiger partial charge in [-0.15, -0.1) is 5.10 Å². The molecule has 1 fully saturated rings. The monoisotopic (exact) mass is 223 g/mol. The number of hydrogen-bond acceptors (Lipinski definition) is 5. The molecule has 84 valence electrons. The zero-order valence-electron chi connectivity index (χ0n) is 8.17. The summed E-state index contributed by atoms with van der Waals surface area (Å²) in [7, 11) is 0. The number of carboxylic acids is 1. The van der Waals surface area contributed by atoms with Gasteiger partial charge in [0.15, 0.2) is 0 Å². The lowest BCUT2D eigenvalue weighted by Gasteiger charge is -2.11. The minimum absolute atomic E-state index is 0.0289. The molecular formula is C8H9N5O3. The Hall–Kier alpha value is -2.25. The molecule has 8 nitrogen and oxygen atoms in total. The lowest BCUT2D eigenvalue weighted by atomic mass is 10.3. The molecule has 1 aliphatic rings. The molecule has 0 spiro atoms. The Labute approximate surface area is 90.1 Å². The molecule has 0 aliphatic heterocycles. The van der Waals surface area contributed by atoms with Crippen molar-refractivity contribution < 1.29 is 14.7 Å². The summed E-state index contributed by atoms with van der Waals surface area (Å²) in [5, 5.41) is 20.5.